The number of hydrogen-bond donors (Lipinski definition) is 1. The van der Waals surface area contributed by atoms with E-state index in [-0.39, 0.29) is 1.43 Å². The Morgan fingerprint density at radius 1 is 1.70 bits per heavy atom. The Kier molecular flexibility index (Phi) is 0.858. The SMILES string of the molecule is O=c1[nH]c2cncnc2o1.[HH]. The van der Waals surface area contributed by atoms with E-state index in [1.165, 1.54) is 12.5 Å². The Hall–Kier alpha value is -1.65. The summed E-state index contributed by atoms with van der Waals surface area (Å²) in [4.78, 5) is 20.3. The molecule has 0 bridgehead atoms. The molecule has 52 valence electrons. The highest BCUT2D eigenvalue weighted by molar-refractivity contribution is 5.64. The van der Waals surface area contributed by atoms with Gasteiger partial charge in [-0.2, -0.15) is 4.98 Å². The van der Waals surface area contributed by atoms with Gasteiger partial charge in [-0.1, -0.05) is 0 Å². The number of oxazole rings is 1. The molecule has 0 aliphatic carbocycles. The summed E-state index contributed by atoms with van der Waals surface area (Å²) >= 11 is 0. The molecule has 0 atom stereocenters. The van der Waals surface area contributed by atoms with Crippen molar-refractivity contribution in [1.29, 1.82) is 0 Å². The van der Waals surface area contributed by atoms with Crippen molar-refractivity contribution in [3.05, 3.63) is 23.1 Å². The first-order chi connectivity index (χ1) is 4.86. The zero-order valence-electron chi connectivity index (χ0n) is 4.87. The zero-order valence-corrected chi connectivity index (χ0v) is 4.87. The summed E-state index contributed by atoms with van der Waals surface area (Å²) in [5, 5.41) is 0. The van der Waals surface area contributed by atoms with Gasteiger partial charge in [0.15, 0.2) is 0 Å². The second kappa shape index (κ2) is 1.66. The predicted molar refractivity (Wildman–Crippen MR) is 34.5 cm³/mol. The lowest BCUT2D eigenvalue weighted by Gasteiger charge is -1.78. The summed E-state index contributed by atoms with van der Waals surface area (Å²) < 4.78 is 4.61. The molecular weight excluding hydrogens is 134 g/mol. The van der Waals surface area contributed by atoms with E-state index >= 15 is 0 Å². The molecular formula is C5H5N3O2. The number of fused-ring (bicyclic) bond motifs is 1. The van der Waals surface area contributed by atoms with E-state index in [0.29, 0.717) is 11.2 Å². The molecule has 0 fully saturated rings. The normalized spacial score (nSPS) is 10.4. The molecule has 0 saturated heterocycles. The van der Waals surface area contributed by atoms with Gasteiger partial charge in [0, 0.05) is 1.43 Å². The molecule has 2 aromatic rings. The van der Waals surface area contributed by atoms with Crippen LogP contribution in [0.25, 0.3) is 11.2 Å². The van der Waals surface area contributed by atoms with Crippen molar-refractivity contribution in [3.8, 4) is 0 Å². The van der Waals surface area contributed by atoms with E-state index in [1.807, 2.05) is 0 Å². The molecule has 2 aromatic heterocycles. The van der Waals surface area contributed by atoms with Gasteiger partial charge in [0.25, 0.3) is 5.71 Å². The van der Waals surface area contributed by atoms with Gasteiger partial charge >= 0.3 is 5.76 Å². The van der Waals surface area contributed by atoms with Crippen LogP contribution in [0.3, 0.4) is 0 Å². The van der Waals surface area contributed by atoms with Crippen molar-refractivity contribution < 1.29 is 5.84 Å². The van der Waals surface area contributed by atoms with Crippen molar-refractivity contribution in [2.24, 2.45) is 0 Å². The fourth-order valence-electron chi connectivity index (χ4n) is 0.709. The number of hydrogen-bond acceptors (Lipinski definition) is 4. The standard InChI is InChI=1S/C5H3N3O2.H2/c9-5-8-3-1-6-2-7-4(3)10-5;/h1-2H,(H,8,9);1H. The molecule has 0 amide bonds. The van der Waals surface area contributed by atoms with E-state index in [4.69, 9.17) is 0 Å². The van der Waals surface area contributed by atoms with Crippen molar-refractivity contribution in [2.45, 2.75) is 0 Å². The molecule has 0 aliphatic heterocycles. The van der Waals surface area contributed by atoms with Crippen LogP contribution in [0.1, 0.15) is 1.43 Å². The molecule has 5 nitrogen and oxygen atoms in total. The van der Waals surface area contributed by atoms with Gasteiger partial charge in [0.1, 0.15) is 11.8 Å². The van der Waals surface area contributed by atoms with Crippen LogP contribution in [0, 0.1) is 0 Å². The summed E-state index contributed by atoms with van der Waals surface area (Å²) in [5.74, 6) is -0.504. The maximum atomic E-state index is 10.5. The first-order valence-corrected chi connectivity index (χ1v) is 2.65. The lowest BCUT2D eigenvalue weighted by Crippen LogP contribution is -1.92. The average Bonchev–Trinajstić information content (AvgIpc) is 2.27. The highest BCUT2D eigenvalue weighted by Gasteiger charge is 1.97. The monoisotopic (exact) mass is 139 g/mol. The van der Waals surface area contributed by atoms with Crippen molar-refractivity contribution >= 4 is 11.2 Å². The number of H-pyrrole nitrogens is 1. The van der Waals surface area contributed by atoms with Gasteiger partial charge in [0.05, 0.1) is 6.20 Å². The Labute approximate surface area is 56.2 Å². The summed E-state index contributed by atoms with van der Waals surface area (Å²) in [6.45, 7) is 0. The molecule has 0 saturated carbocycles. The Morgan fingerprint density at radius 2 is 2.60 bits per heavy atom. The summed E-state index contributed by atoms with van der Waals surface area (Å²) in [6, 6.07) is 0. The van der Waals surface area contributed by atoms with E-state index in [2.05, 4.69) is 19.4 Å². The van der Waals surface area contributed by atoms with Gasteiger partial charge in [-0.05, 0) is 0 Å². The minimum Gasteiger partial charge on any atom is -0.389 e. The number of aromatic amines is 1. The molecule has 0 aromatic carbocycles. The first kappa shape index (κ1) is 5.16. The Balaban J connectivity index is 0.000000605. The topological polar surface area (TPSA) is 71.8 Å². The summed E-state index contributed by atoms with van der Waals surface area (Å²) in [5.41, 5.74) is 0.813. The quantitative estimate of drug-likeness (QED) is 0.564. The van der Waals surface area contributed by atoms with E-state index < -0.39 is 5.76 Å². The number of nitrogens with one attached hydrogen (secondary N) is 1. The fraction of sp³-hybridized carbons (Fsp3) is 0. The van der Waals surface area contributed by atoms with Gasteiger partial charge in [-0.3, -0.25) is 4.98 Å². The lowest BCUT2D eigenvalue weighted by atomic mass is 10.6. The van der Waals surface area contributed by atoms with Gasteiger partial charge in [-0.25, -0.2) is 9.78 Å². The second-order valence-electron chi connectivity index (χ2n) is 1.76. The van der Waals surface area contributed by atoms with Gasteiger partial charge < -0.3 is 4.42 Å². The van der Waals surface area contributed by atoms with Crippen LogP contribution < -0.4 is 5.76 Å². The third-order valence-corrected chi connectivity index (χ3v) is 1.10. The van der Waals surface area contributed by atoms with E-state index in [1.54, 1.807) is 0 Å². The third kappa shape index (κ3) is 0.604. The minimum atomic E-state index is -0.504. The second-order valence-corrected chi connectivity index (χ2v) is 1.76. The zero-order chi connectivity index (χ0) is 6.97. The van der Waals surface area contributed by atoms with E-state index in [9.17, 15) is 4.79 Å². The number of nitrogens with zero attached hydrogens (tertiary/aromatic N) is 2. The molecule has 5 heteroatoms. The predicted octanol–water partition coefficient (Wildman–Crippen LogP) is 0.157. The van der Waals surface area contributed by atoms with Crippen LogP contribution in [-0.4, -0.2) is 15.0 Å². The Bertz CT molecular complexity index is 371. The minimum absolute atomic E-state index is 0. The average molecular weight is 139 g/mol. The highest BCUT2D eigenvalue weighted by atomic mass is 16.4. The molecule has 0 spiro atoms. The molecule has 0 radical (unpaired) electrons. The van der Waals surface area contributed by atoms with Crippen LogP contribution in [0.5, 0.6) is 0 Å². The van der Waals surface area contributed by atoms with Crippen molar-refractivity contribution in [1.82, 2.24) is 15.0 Å². The van der Waals surface area contributed by atoms with Gasteiger partial charge in [0.2, 0.25) is 0 Å². The molecule has 0 unspecified atom stereocenters. The van der Waals surface area contributed by atoms with Crippen molar-refractivity contribution in [2.75, 3.05) is 0 Å². The molecule has 0 aliphatic rings. The molecule has 2 heterocycles. The number of aromatic nitrogens is 3. The highest BCUT2D eigenvalue weighted by Crippen LogP contribution is 2.00. The Morgan fingerprint density at radius 3 is 3.40 bits per heavy atom. The first-order valence-electron chi connectivity index (χ1n) is 2.65. The van der Waals surface area contributed by atoms with Gasteiger partial charge in [-0.15, -0.1) is 0 Å². The summed E-state index contributed by atoms with van der Waals surface area (Å²) in [7, 11) is 0. The number of rotatable bonds is 0. The fourth-order valence-corrected chi connectivity index (χ4v) is 0.709. The lowest BCUT2D eigenvalue weighted by molar-refractivity contribution is 0.545. The molecule has 2 rings (SSSR count). The van der Waals surface area contributed by atoms with Crippen LogP contribution in [0.4, 0.5) is 0 Å². The van der Waals surface area contributed by atoms with E-state index in [0.717, 1.165) is 0 Å². The summed E-state index contributed by atoms with van der Waals surface area (Å²) in [6.07, 6.45) is 2.80. The van der Waals surface area contributed by atoms with Crippen LogP contribution in [0.2, 0.25) is 0 Å². The van der Waals surface area contributed by atoms with Crippen LogP contribution in [0.15, 0.2) is 21.7 Å². The molecule has 10 heavy (non-hydrogen) atoms. The smallest absolute Gasteiger partial charge is 0.389 e. The van der Waals surface area contributed by atoms with Crippen LogP contribution >= 0.6 is 0 Å². The molecule has 1 N–H and O–H groups in total. The maximum absolute atomic E-state index is 10.5. The van der Waals surface area contributed by atoms with Crippen molar-refractivity contribution in [3.63, 3.8) is 0 Å². The largest absolute Gasteiger partial charge is 0.418 e. The van der Waals surface area contributed by atoms with Crippen LogP contribution in [-0.2, 0) is 0 Å². The maximum Gasteiger partial charge on any atom is 0.418 e. The third-order valence-electron chi connectivity index (χ3n) is 1.10.